The summed E-state index contributed by atoms with van der Waals surface area (Å²) in [4.78, 5) is 0.662. The third-order valence-electron chi connectivity index (χ3n) is 4.45. The Bertz CT molecular complexity index is 207. The Balaban J connectivity index is 2.00. The minimum Gasteiger partial charge on any atom is -0.378 e. The van der Waals surface area contributed by atoms with Crippen LogP contribution in [0.15, 0.2) is 0 Å². The van der Waals surface area contributed by atoms with E-state index in [-0.39, 0.29) is 0 Å². The molecule has 1 saturated carbocycles. The highest BCUT2D eigenvalue weighted by Crippen LogP contribution is 2.50. The van der Waals surface area contributed by atoms with E-state index in [1.165, 1.54) is 51.4 Å². The maximum absolute atomic E-state index is 6.03. The Hall–Kier alpha value is 0.440. The molecule has 0 aromatic rings. The quantitative estimate of drug-likeness (QED) is 0.414. The third-order valence-corrected chi connectivity index (χ3v) is 5.87. The second kappa shape index (κ2) is 7.78. The summed E-state index contributed by atoms with van der Waals surface area (Å²) < 4.78 is 6.03. The molecule has 0 aliphatic heterocycles. The van der Waals surface area contributed by atoms with Crippen LogP contribution < -0.4 is 0 Å². The monoisotopic (exact) mass is 304 g/mol. The van der Waals surface area contributed by atoms with E-state index in [0.29, 0.717) is 16.3 Å². The molecule has 2 heteroatoms. The maximum atomic E-state index is 6.03. The van der Waals surface area contributed by atoms with Gasteiger partial charge >= 0.3 is 0 Å². The van der Waals surface area contributed by atoms with Crippen LogP contribution in [0.25, 0.3) is 0 Å². The average Bonchev–Trinajstić information content (AvgIpc) is 2.35. The highest BCUT2D eigenvalue weighted by Gasteiger charge is 2.49. The Morgan fingerprint density at radius 3 is 2.35 bits per heavy atom. The number of ether oxygens (including phenoxy) is 1. The van der Waals surface area contributed by atoms with Crippen LogP contribution in [-0.2, 0) is 4.74 Å². The van der Waals surface area contributed by atoms with E-state index >= 15 is 0 Å². The van der Waals surface area contributed by atoms with E-state index in [1.807, 2.05) is 0 Å². The number of unbranched alkanes of at least 4 members (excludes halogenated alkanes) is 5. The zero-order valence-electron chi connectivity index (χ0n) is 11.8. The van der Waals surface area contributed by atoms with Crippen molar-refractivity contribution in [2.45, 2.75) is 83.1 Å². The molecule has 0 bridgehead atoms. The van der Waals surface area contributed by atoms with Gasteiger partial charge in [-0.15, -0.1) is 0 Å². The van der Waals surface area contributed by atoms with Crippen LogP contribution >= 0.6 is 15.9 Å². The molecule has 1 nitrogen and oxygen atoms in total. The SMILES string of the molecule is CCCCCCCCOC1CC(Br)C1(C)CC. The molecular formula is C15H29BrO. The molecular weight excluding hydrogens is 276 g/mol. The van der Waals surface area contributed by atoms with E-state index in [4.69, 9.17) is 4.74 Å². The van der Waals surface area contributed by atoms with Gasteiger partial charge in [0.05, 0.1) is 6.10 Å². The van der Waals surface area contributed by atoms with Crippen molar-refractivity contribution in [2.24, 2.45) is 5.41 Å². The Morgan fingerprint density at radius 2 is 1.76 bits per heavy atom. The maximum Gasteiger partial charge on any atom is 0.0650 e. The first-order chi connectivity index (χ1) is 8.15. The van der Waals surface area contributed by atoms with Gasteiger partial charge in [-0.25, -0.2) is 0 Å². The molecule has 0 radical (unpaired) electrons. The fourth-order valence-electron chi connectivity index (χ4n) is 2.58. The fourth-order valence-corrected chi connectivity index (χ4v) is 3.54. The van der Waals surface area contributed by atoms with Crippen LogP contribution in [0.4, 0.5) is 0 Å². The zero-order chi connectivity index (χ0) is 12.7. The van der Waals surface area contributed by atoms with Gasteiger partial charge in [-0.1, -0.05) is 68.8 Å². The molecule has 3 unspecified atom stereocenters. The molecule has 1 aliphatic rings. The lowest BCUT2D eigenvalue weighted by molar-refractivity contribution is -0.0968. The van der Waals surface area contributed by atoms with Crippen molar-refractivity contribution in [3.05, 3.63) is 0 Å². The molecule has 102 valence electrons. The van der Waals surface area contributed by atoms with Gasteiger partial charge in [0.15, 0.2) is 0 Å². The lowest BCUT2D eigenvalue weighted by atomic mass is 9.66. The number of hydrogen-bond acceptors (Lipinski definition) is 1. The van der Waals surface area contributed by atoms with Crippen LogP contribution in [0.2, 0.25) is 0 Å². The van der Waals surface area contributed by atoms with Crippen molar-refractivity contribution < 1.29 is 4.74 Å². The molecule has 0 amide bonds. The topological polar surface area (TPSA) is 9.23 Å². The van der Waals surface area contributed by atoms with Crippen LogP contribution in [0.5, 0.6) is 0 Å². The molecule has 1 fully saturated rings. The lowest BCUT2D eigenvalue weighted by Gasteiger charge is -2.51. The van der Waals surface area contributed by atoms with Crippen molar-refractivity contribution in [1.29, 1.82) is 0 Å². The summed E-state index contributed by atoms with van der Waals surface area (Å²) in [5.74, 6) is 0. The highest BCUT2D eigenvalue weighted by atomic mass is 79.9. The van der Waals surface area contributed by atoms with Crippen molar-refractivity contribution in [2.75, 3.05) is 6.61 Å². The van der Waals surface area contributed by atoms with E-state index in [2.05, 4.69) is 36.7 Å². The van der Waals surface area contributed by atoms with Gasteiger partial charge in [0.1, 0.15) is 0 Å². The standard InChI is InChI=1S/C15H29BrO/c1-4-6-7-8-9-10-11-17-14-12-13(16)15(14,3)5-2/h13-14H,4-12H2,1-3H3. The lowest BCUT2D eigenvalue weighted by Crippen LogP contribution is -2.53. The normalized spacial score (nSPS) is 32.5. The van der Waals surface area contributed by atoms with Gasteiger partial charge in [0.2, 0.25) is 0 Å². The molecule has 1 rings (SSSR count). The van der Waals surface area contributed by atoms with Gasteiger partial charge < -0.3 is 4.74 Å². The first-order valence-corrected chi connectivity index (χ1v) is 8.32. The molecule has 0 N–H and O–H groups in total. The summed E-state index contributed by atoms with van der Waals surface area (Å²) in [6.45, 7) is 7.85. The van der Waals surface area contributed by atoms with Crippen LogP contribution in [-0.4, -0.2) is 17.5 Å². The minimum absolute atomic E-state index is 0.377. The molecule has 17 heavy (non-hydrogen) atoms. The molecule has 0 aromatic heterocycles. The van der Waals surface area contributed by atoms with Crippen LogP contribution in [0.1, 0.15) is 72.1 Å². The summed E-state index contributed by atoms with van der Waals surface area (Å²) in [7, 11) is 0. The summed E-state index contributed by atoms with van der Waals surface area (Å²) in [5.41, 5.74) is 0.377. The smallest absolute Gasteiger partial charge is 0.0650 e. The molecule has 0 spiro atoms. The minimum atomic E-state index is 0.377. The second-order valence-electron chi connectivity index (χ2n) is 5.69. The van der Waals surface area contributed by atoms with Gasteiger partial charge in [-0.2, -0.15) is 0 Å². The first-order valence-electron chi connectivity index (χ1n) is 7.40. The molecule has 0 aromatic carbocycles. The predicted molar refractivity (Wildman–Crippen MR) is 78.8 cm³/mol. The number of halogens is 1. The van der Waals surface area contributed by atoms with Gasteiger partial charge in [-0.05, 0) is 19.3 Å². The molecule has 1 aliphatic carbocycles. The number of hydrogen-bond donors (Lipinski definition) is 0. The Labute approximate surface area is 116 Å². The van der Waals surface area contributed by atoms with Crippen molar-refractivity contribution in [3.63, 3.8) is 0 Å². The van der Waals surface area contributed by atoms with E-state index < -0.39 is 0 Å². The van der Waals surface area contributed by atoms with Crippen molar-refractivity contribution in [3.8, 4) is 0 Å². The summed E-state index contributed by atoms with van der Waals surface area (Å²) in [6.07, 6.45) is 11.0. The summed E-state index contributed by atoms with van der Waals surface area (Å²) in [6, 6.07) is 0. The molecule has 0 heterocycles. The van der Waals surface area contributed by atoms with Crippen molar-refractivity contribution in [1.82, 2.24) is 0 Å². The van der Waals surface area contributed by atoms with E-state index in [1.54, 1.807) is 0 Å². The number of alkyl halides is 1. The highest BCUT2D eigenvalue weighted by molar-refractivity contribution is 9.09. The van der Waals surface area contributed by atoms with Crippen LogP contribution in [0, 0.1) is 5.41 Å². The largest absolute Gasteiger partial charge is 0.378 e. The Kier molecular flexibility index (Phi) is 7.10. The summed E-state index contributed by atoms with van der Waals surface area (Å²) >= 11 is 3.75. The van der Waals surface area contributed by atoms with E-state index in [0.717, 1.165) is 6.61 Å². The Morgan fingerprint density at radius 1 is 1.12 bits per heavy atom. The van der Waals surface area contributed by atoms with Gasteiger partial charge in [0, 0.05) is 16.8 Å². The zero-order valence-corrected chi connectivity index (χ0v) is 13.4. The van der Waals surface area contributed by atoms with Crippen molar-refractivity contribution >= 4 is 15.9 Å². The fraction of sp³-hybridized carbons (Fsp3) is 1.00. The van der Waals surface area contributed by atoms with E-state index in [9.17, 15) is 0 Å². The molecule has 3 atom stereocenters. The third kappa shape index (κ3) is 4.24. The first kappa shape index (κ1) is 15.5. The predicted octanol–water partition coefficient (Wildman–Crippen LogP) is 5.32. The average molecular weight is 305 g/mol. The number of rotatable bonds is 9. The van der Waals surface area contributed by atoms with Crippen LogP contribution in [0.3, 0.4) is 0 Å². The van der Waals surface area contributed by atoms with Gasteiger partial charge in [0.25, 0.3) is 0 Å². The van der Waals surface area contributed by atoms with Gasteiger partial charge in [-0.3, -0.25) is 0 Å². The summed E-state index contributed by atoms with van der Waals surface area (Å²) in [5, 5.41) is 0. The second-order valence-corrected chi connectivity index (χ2v) is 6.80. The molecule has 0 saturated heterocycles.